The molecule has 0 bridgehead atoms. The first-order valence-corrected chi connectivity index (χ1v) is 8.00. The number of halogens is 1. The zero-order valence-corrected chi connectivity index (χ0v) is 13.7. The molecule has 130 valence electrons. The predicted molar refractivity (Wildman–Crippen MR) is 94.4 cm³/mol. The maximum absolute atomic E-state index is 14.2. The van der Waals surface area contributed by atoms with Gasteiger partial charge in [0.15, 0.2) is 0 Å². The van der Waals surface area contributed by atoms with E-state index in [-0.39, 0.29) is 5.82 Å². The van der Waals surface area contributed by atoms with Crippen molar-refractivity contribution in [1.82, 2.24) is 24.7 Å². The molecule has 0 spiro atoms. The van der Waals surface area contributed by atoms with E-state index in [9.17, 15) is 4.39 Å². The zero-order valence-electron chi connectivity index (χ0n) is 13.7. The quantitative estimate of drug-likeness (QED) is 0.594. The summed E-state index contributed by atoms with van der Waals surface area (Å²) >= 11 is 0. The van der Waals surface area contributed by atoms with Gasteiger partial charge in [0.1, 0.15) is 23.8 Å². The Labute approximate surface area is 148 Å². The molecule has 26 heavy (non-hydrogen) atoms. The van der Waals surface area contributed by atoms with Gasteiger partial charge in [-0.2, -0.15) is 5.10 Å². The Morgan fingerprint density at radius 3 is 2.81 bits per heavy atom. The lowest BCUT2D eigenvalue weighted by atomic mass is 10.2. The Bertz CT molecular complexity index is 1060. The molecule has 0 unspecified atom stereocenters. The fourth-order valence-electron chi connectivity index (χ4n) is 2.58. The number of hydrogen-bond donors (Lipinski definition) is 1. The van der Waals surface area contributed by atoms with E-state index in [4.69, 9.17) is 10.5 Å². The highest BCUT2D eigenvalue weighted by molar-refractivity contribution is 5.82. The Kier molecular flexibility index (Phi) is 4.24. The summed E-state index contributed by atoms with van der Waals surface area (Å²) in [6.45, 7) is 0.739. The van der Waals surface area contributed by atoms with Gasteiger partial charge < -0.3 is 10.5 Å². The van der Waals surface area contributed by atoms with E-state index in [1.54, 1.807) is 42.9 Å². The maximum atomic E-state index is 14.2. The lowest BCUT2D eigenvalue weighted by Gasteiger charge is -2.07. The van der Waals surface area contributed by atoms with E-state index >= 15 is 0 Å². The topological polar surface area (TPSA) is 91.7 Å². The van der Waals surface area contributed by atoms with E-state index in [0.717, 1.165) is 10.9 Å². The molecule has 4 aromatic rings. The lowest BCUT2D eigenvalue weighted by Crippen LogP contribution is -2.11. The molecule has 0 saturated heterocycles. The molecule has 1 aromatic carbocycles. The molecule has 4 rings (SSSR count). The molecule has 3 aromatic heterocycles. The molecule has 0 saturated carbocycles. The van der Waals surface area contributed by atoms with Crippen LogP contribution in [-0.2, 0) is 0 Å². The van der Waals surface area contributed by atoms with Crippen molar-refractivity contribution in [2.45, 2.75) is 0 Å². The molecule has 0 atom stereocenters. The number of fused-ring (bicyclic) bond motifs is 1. The van der Waals surface area contributed by atoms with Crippen LogP contribution in [0.15, 0.2) is 55.1 Å². The summed E-state index contributed by atoms with van der Waals surface area (Å²) in [5, 5.41) is 5.07. The van der Waals surface area contributed by atoms with E-state index in [2.05, 4.69) is 20.1 Å². The second-order valence-electron chi connectivity index (χ2n) is 5.52. The molecule has 0 aliphatic rings. The Morgan fingerprint density at radius 1 is 1.08 bits per heavy atom. The molecule has 0 amide bonds. The monoisotopic (exact) mass is 350 g/mol. The van der Waals surface area contributed by atoms with E-state index in [1.165, 1.54) is 16.9 Å². The summed E-state index contributed by atoms with van der Waals surface area (Å²) in [6, 6.07) is 8.26. The normalized spacial score (nSPS) is 11.0. The fourth-order valence-corrected chi connectivity index (χ4v) is 2.58. The molecule has 0 fully saturated rings. The van der Waals surface area contributed by atoms with Crippen molar-refractivity contribution in [3.63, 3.8) is 0 Å². The third kappa shape index (κ3) is 2.98. The van der Waals surface area contributed by atoms with Crippen molar-refractivity contribution in [1.29, 1.82) is 0 Å². The molecule has 7 nitrogen and oxygen atoms in total. The first kappa shape index (κ1) is 16.1. The van der Waals surface area contributed by atoms with Crippen molar-refractivity contribution in [3.05, 3.63) is 60.9 Å². The van der Waals surface area contributed by atoms with E-state index in [1.807, 2.05) is 0 Å². The first-order chi connectivity index (χ1) is 12.8. The largest absolute Gasteiger partial charge is 0.475 e. The average Bonchev–Trinajstić information content (AvgIpc) is 3.10. The Hall–Kier alpha value is -3.39. The number of nitrogens with zero attached hydrogens (tertiary/aromatic N) is 5. The minimum absolute atomic E-state index is 0.352. The van der Waals surface area contributed by atoms with Gasteiger partial charge in [0.25, 0.3) is 0 Å². The lowest BCUT2D eigenvalue weighted by molar-refractivity contribution is 0.314. The van der Waals surface area contributed by atoms with Crippen LogP contribution in [-0.4, -0.2) is 37.9 Å². The third-order valence-electron chi connectivity index (χ3n) is 3.78. The molecule has 8 heteroatoms. The highest BCUT2D eigenvalue weighted by Crippen LogP contribution is 2.24. The number of rotatable bonds is 5. The van der Waals surface area contributed by atoms with Crippen molar-refractivity contribution in [2.75, 3.05) is 13.2 Å². The van der Waals surface area contributed by atoms with Crippen molar-refractivity contribution < 1.29 is 9.13 Å². The molecular formula is C18H15FN6O. The van der Waals surface area contributed by atoms with Gasteiger partial charge in [-0.05, 0) is 18.2 Å². The van der Waals surface area contributed by atoms with E-state index < -0.39 is 0 Å². The Morgan fingerprint density at radius 2 is 1.96 bits per heavy atom. The summed E-state index contributed by atoms with van der Waals surface area (Å²) in [6.07, 6.45) is 6.42. The molecule has 2 N–H and O–H groups in total. The van der Waals surface area contributed by atoms with Gasteiger partial charge in [-0.15, -0.1) is 0 Å². The summed E-state index contributed by atoms with van der Waals surface area (Å²) in [5.74, 6) is 0.0188. The summed E-state index contributed by atoms with van der Waals surface area (Å²) in [4.78, 5) is 12.9. The van der Waals surface area contributed by atoms with Crippen molar-refractivity contribution >= 4 is 10.9 Å². The highest BCUT2D eigenvalue weighted by atomic mass is 19.1. The van der Waals surface area contributed by atoms with Crippen LogP contribution in [0, 0.1) is 5.82 Å². The smallest absolute Gasteiger partial charge is 0.232 e. The summed E-state index contributed by atoms with van der Waals surface area (Å²) in [5.41, 5.74) is 7.65. The standard InChI is InChI=1S/C18H15FN6O/c19-13-3-1-2-4-16(13)25-17-7-14(22-8-12(17)9-23-25)15-10-21-11-18(24-15)26-6-5-20/h1-4,7-11H,5-6,20H2. The van der Waals surface area contributed by atoms with Crippen molar-refractivity contribution in [2.24, 2.45) is 5.73 Å². The molecular weight excluding hydrogens is 335 g/mol. The molecule has 3 heterocycles. The van der Waals surface area contributed by atoms with Gasteiger partial charge in [0, 0.05) is 18.1 Å². The summed E-state index contributed by atoms with van der Waals surface area (Å²) < 4.78 is 21.1. The van der Waals surface area contributed by atoms with Gasteiger partial charge in [0.05, 0.1) is 29.8 Å². The molecule has 0 radical (unpaired) electrons. The summed E-state index contributed by atoms with van der Waals surface area (Å²) in [7, 11) is 0. The number of para-hydroxylation sites is 1. The van der Waals surface area contributed by atoms with E-state index in [0.29, 0.717) is 36.1 Å². The minimum Gasteiger partial charge on any atom is -0.475 e. The second-order valence-corrected chi connectivity index (χ2v) is 5.52. The van der Waals surface area contributed by atoms with Crippen LogP contribution in [0.1, 0.15) is 0 Å². The van der Waals surface area contributed by atoms with Gasteiger partial charge in [-0.3, -0.25) is 9.97 Å². The minimum atomic E-state index is -0.354. The number of benzene rings is 1. The SMILES string of the molecule is NCCOc1cncc(-c2cc3c(cn2)cnn3-c2ccccc2F)n1. The number of hydrogen-bond acceptors (Lipinski definition) is 6. The van der Waals surface area contributed by atoms with Crippen LogP contribution in [0.2, 0.25) is 0 Å². The van der Waals surface area contributed by atoms with Crippen molar-refractivity contribution in [3.8, 4) is 23.0 Å². The maximum Gasteiger partial charge on any atom is 0.232 e. The van der Waals surface area contributed by atoms with Gasteiger partial charge in [-0.25, -0.2) is 14.1 Å². The predicted octanol–water partition coefficient (Wildman–Crippen LogP) is 2.35. The average molecular weight is 350 g/mol. The fraction of sp³-hybridized carbons (Fsp3) is 0.111. The number of nitrogens with two attached hydrogens (primary N) is 1. The molecule has 0 aliphatic heterocycles. The second kappa shape index (κ2) is 6.85. The van der Waals surface area contributed by atoms with Crippen LogP contribution in [0.3, 0.4) is 0 Å². The third-order valence-corrected chi connectivity index (χ3v) is 3.78. The Balaban J connectivity index is 1.79. The van der Waals surface area contributed by atoms with Crippen LogP contribution in [0.4, 0.5) is 4.39 Å². The molecule has 0 aliphatic carbocycles. The van der Waals surface area contributed by atoms with Crippen LogP contribution in [0.5, 0.6) is 5.88 Å². The van der Waals surface area contributed by atoms with Gasteiger partial charge in [-0.1, -0.05) is 12.1 Å². The number of pyridine rings is 1. The number of aromatic nitrogens is 5. The first-order valence-electron chi connectivity index (χ1n) is 8.00. The van der Waals surface area contributed by atoms with Gasteiger partial charge >= 0.3 is 0 Å². The zero-order chi connectivity index (χ0) is 17.9. The van der Waals surface area contributed by atoms with Gasteiger partial charge in [0.2, 0.25) is 5.88 Å². The van der Waals surface area contributed by atoms with Crippen LogP contribution >= 0.6 is 0 Å². The number of ether oxygens (including phenoxy) is 1. The highest BCUT2D eigenvalue weighted by Gasteiger charge is 2.12. The van der Waals surface area contributed by atoms with Crippen LogP contribution < -0.4 is 10.5 Å². The van der Waals surface area contributed by atoms with Crippen LogP contribution in [0.25, 0.3) is 28.0 Å².